The number of anilines is 1. The first kappa shape index (κ1) is 30.6. The SMILES string of the molecule is CCOC(=O)CC(c1cccc(C#N)c1)n1ccc2cc(OCCc3ccc4c(n3)N(C(=O)OC(C)(C)C)CCC4)ccc21. The van der Waals surface area contributed by atoms with E-state index < -0.39 is 5.60 Å². The summed E-state index contributed by atoms with van der Waals surface area (Å²) in [7, 11) is 0. The van der Waals surface area contributed by atoms with Gasteiger partial charge in [0.2, 0.25) is 0 Å². The van der Waals surface area contributed by atoms with Crippen molar-refractivity contribution in [1.82, 2.24) is 9.55 Å². The highest BCUT2D eigenvalue weighted by Gasteiger charge is 2.28. The Bertz CT molecular complexity index is 1700. The number of esters is 1. The van der Waals surface area contributed by atoms with Gasteiger partial charge in [-0.3, -0.25) is 9.69 Å². The maximum Gasteiger partial charge on any atom is 0.416 e. The van der Waals surface area contributed by atoms with E-state index in [1.165, 1.54) is 0 Å². The van der Waals surface area contributed by atoms with Gasteiger partial charge in [-0.15, -0.1) is 0 Å². The normalized spacial score (nSPS) is 13.6. The Labute approximate surface area is 258 Å². The van der Waals surface area contributed by atoms with E-state index in [4.69, 9.17) is 19.2 Å². The summed E-state index contributed by atoms with van der Waals surface area (Å²) in [4.78, 5) is 31.8. The second-order valence-electron chi connectivity index (χ2n) is 11.8. The number of ether oxygens (including phenoxy) is 3. The lowest BCUT2D eigenvalue weighted by molar-refractivity contribution is -0.143. The zero-order chi connectivity index (χ0) is 31.3. The predicted molar refractivity (Wildman–Crippen MR) is 168 cm³/mol. The van der Waals surface area contributed by atoms with Gasteiger partial charge >= 0.3 is 12.1 Å². The Kier molecular flexibility index (Phi) is 9.19. The Hall–Kier alpha value is -4.84. The average Bonchev–Trinajstić information content (AvgIpc) is 3.42. The van der Waals surface area contributed by atoms with Crippen LogP contribution in [0, 0.1) is 11.3 Å². The number of aryl methyl sites for hydroxylation is 1. The summed E-state index contributed by atoms with van der Waals surface area (Å²) >= 11 is 0. The van der Waals surface area contributed by atoms with Crippen LogP contribution < -0.4 is 9.64 Å². The van der Waals surface area contributed by atoms with Gasteiger partial charge in [0.25, 0.3) is 0 Å². The molecule has 0 saturated carbocycles. The smallest absolute Gasteiger partial charge is 0.416 e. The summed E-state index contributed by atoms with van der Waals surface area (Å²) in [5.41, 5.74) is 3.64. The Morgan fingerprint density at radius 3 is 2.70 bits per heavy atom. The van der Waals surface area contributed by atoms with Gasteiger partial charge in [-0.1, -0.05) is 18.2 Å². The highest BCUT2D eigenvalue weighted by atomic mass is 16.6. The molecule has 44 heavy (non-hydrogen) atoms. The number of rotatable bonds is 9. The van der Waals surface area contributed by atoms with Gasteiger partial charge in [-0.2, -0.15) is 5.26 Å². The molecule has 1 aliphatic rings. The molecule has 4 aromatic rings. The molecule has 0 bridgehead atoms. The second-order valence-corrected chi connectivity index (χ2v) is 11.8. The van der Waals surface area contributed by atoms with Crippen LogP contribution in [0.15, 0.2) is 66.9 Å². The minimum absolute atomic E-state index is 0.143. The molecule has 2 aromatic carbocycles. The second kappa shape index (κ2) is 13.2. The molecule has 0 radical (unpaired) electrons. The molecule has 3 heterocycles. The van der Waals surface area contributed by atoms with Crippen LogP contribution >= 0.6 is 0 Å². The number of pyridine rings is 1. The number of hydrogen-bond acceptors (Lipinski definition) is 7. The van der Waals surface area contributed by atoms with Crippen LogP contribution in [-0.4, -0.2) is 47.0 Å². The van der Waals surface area contributed by atoms with Gasteiger partial charge in [0, 0.05) is 35.8 Å². The number of fused-ring (bicyclic) bond motifs is 2. The largest absolute Gasteiger partial charge is 0.493 e. The zero-order valence-corrected chi connectivity index (χ0v) is 25.7. The molecule has 9 nitrogen and oxygen atoms in total. The molecule has 0 saturated heterocycles. The van der Waals surface area contributed by atoms with Crippen LogP contribution in [0.1, 0.15) is 69.0 Å². The lowest BCUT2D eigenvalue weighted by Gasteiger charge is -2.31. The molecule has 0 aliphatic carbocycles. The van der Waals surface area contributed by atoms with Crippen LogP contribution in [0.2, 0.25) is 0 Å². The standard InChI is InChI=1S/C35H38N4O5/c1-5-42-32(40)22-31(26-9-6-8-24(20-26)23-36)38-18-15-27-21-29(13-14-30(27)38)43-19-16-28-12-11-25-10-7-17-39(33(25)37-28)34(41)44-35(2,3)4/h6,8-9,11-15,18,20-21,31H,5,7,10,16-17,19,22H2,1-4H3. The van der Waals surface area contributed by atoms with Crippen LogP contribution in [-0.2, 0) is 27.1 Å². The lowest BCUT2D eigenvalue weighted by Crippen LogP contribution is -2.40. The van der Waals surface area contributed by atoms with E-state index in [0.29, 0.717) is 37.6 Å². The highest BCUT2D eigenvalue weighted by molar-refractivity contribution is 5.88. The van der Waals surface area contributed by atoms with Crippen molar-refractivity contribution in [1.29, 1.82) is 5.26 Å². The summed E-state index contributed by atoms with van der Waals surface area (Å²) in [5, 5.41) is 10.4. The van der Waals surface area contributed by atoms with E-state index in [1.54, 1.807) is 17.9 Å². The molecule has 5 rings (SSSR count). The first-order valence-corrected chi connectivity index (χ1v) is 15.0. The third-order valence-corrected chi connectivity index (χ3v) is 7.43. The monoisotopic (exact) mass is 594 g/mol. The number of amides is 1. The summed E-state index contributed by atoms with van der Waals surface area (Å²) in [5.74, 6) is 1.09. The number of nitriles is 1. The van der Waals surface area contributed by atoms with Gasteiger partial charge in [0.15, 0.2) is 0 Å². The van der Waals surface area contributed by atoms with E-state index in [2.05, 4.69) is 6.07 Å². The van der Waals surface area contributed by atoms with E-state index in [0.717, 1.165) is 46.3 Å². The van der Waals surface area contributed by atoms with Crippen molar-refractivity contribution < 1.29 is 23.8 Å². The van der Waals surface area contributed by atoms with Crippen molar-refractivity contribution in [3.05, 3.63) is 89.2 Å². The first-order valence-electron chi connectivity index (χ1n) is 15.0. The van der Waals surface area contributed by atoms with Crippen molar-refractivity contribution in [2.45, 2.75) is 65.0 Å². The maximum atomic E-state index is 12.8. The average molecular weight is 595 g/mol. The molecule has 0 spiro atoms. The number of aromatic nitrogens is 2. The van der Waals surface area contributed by atoms with Gasteiger partial charge in [0.05, 0.1) is 37.3 Å². The van der Waals surface area contributed by atoms with Crippen molar-refractivity contribution in [2.75, 3.05) is 24.7 Å². The van der Waals surface area contributed by atoms with Crippen LogP contribution in [0.25, 0.3) is 10.9 Å². The Morgan fingerprint density at radius 2 is 1.93 bits per heavy atom. The van der Waals surface area contributed by atoms with E-state index >= 15 is 0 Å². The number of carbonyl (C=O) groups is 2. The maximum absolute atomic E-state index is 12.8. The zero-order valence-electron chi connectivity index (χ0n) is 25.7. The molecular formula is C35H38N4O5. The van der Waals surface area contributed by atoms with Crippen molar-refractivity contribution in [3.63, 3.8) is 0 Å². The van der Waals surface area contributed by atoms with E-state index in [-0.39, 0.29) is 24.5 Å². The Balaban J connectivity index is 1.30. The molecule has 2 aromatic heterocycles. The molecule has 0 fully saturated rings. The molecular weight excluding hydrogens is 556 g/mol. The third-order valence-electron chi connectivity index (χ3n) is 7.43. The number of benzene rings is 2. The molecule has 1 atom stereocenters. The summed E-state index contributed by atoms with van der Waals surface area (Å²) in [6.45, 7) is 8.67. The van der Waals surface area contributed by atoms with Crippen molar-refractivity contribution in [2.24, 2.45) is 0 Å². The highest BCUT2D eigenvalue weighted by Crippen LogP contribution is 2.31. The minimum Gasteiger partial charge on any atom is -0.493 e. The van der Waals surface area contributed by atoms with Crippen LogP contribution in [0.5, 0.6) is 5.75 Å². The summed E-state index contributed by atoms with van der Waals surface area (Å²) in [6, 6.07) is 21.1. The van der Waals surface area contributed by atoms with Gasteiger partial charge < -0.3 is 18.8 Å². The molecule has 1 amide bonds. The fourth-order valence-electron chi connectivity index (χ4n) is 5.46. The minimum atomic E-state index is -0.577. The topological polar surface area (TPSA) is 107 Å². The first-order chi connectivity index (χ1) is 21.1. The number of carbonyl (C=O) groups excluding carboxylic acids is 2. The fraction of sp³-hybridized carbons (Fsp3) is 0.371. The van der Waals surface area contributed by atoms with Gasteiger partial charge in [-0.25, -0.2) is 9.78 Å². The number of nitrogens with zero attached hydrogens (tertiary/aromatic N) is 4. The Morgan fingerprint density at radius 1 is 1.09 bits per heavy atom. The molecule has 1 unspecified atom stereocenters. The van der Waals surface area contributed by atoms with Crippen LogP contribution in [0.3, 0.4) is 0 Å². The lowest BCUT2D eigenvalue weighted by atomic mass is 10.0. The third kappa shape index (κ3) is 7.20. The van der Waals surface area contributed by atoms with Gasteiger partial charge in [-0.05, 0) is 94.1 Å². The summed E-state index contributed by atoms with van der Waals surface area (Å²) < 4.78 is 19.0. The van der Waals surface area contributed by atoms with Gasteiger partial charge in [0.1, 0.15) is 17.2 Å². The fourth-order valence-corrected chi connectivity index (χ4v) is 5.46. The molecule has 228 valence electrons. The number of hydrogen-bond donors (Lipinski definition) is 0. The molecule has 1 aliphatic heterocycles. The quantitative estimate of drug-likeness (QED) is 0.197. The van der Waals surface area contributed by atoms with E-state index in [9.17, 15) is 14.9 Å². The van der Waals surface area contributed by atoms with Crippen molar-refractivity contribution in [3.8, 4) is 11.8 Å². The predicted octanol–water partition coefficient (Wildman–Crippen LogP) is 6.76. The van der Waals surface area contributed by atoms with Crippen LogP contribution in [0.4, 0.5) is 10.6 Å². The van der Waals surface area contributed by atoms with Crippen molar-refractivity contribution >= 4 is 28.8 Å². The summed E-state index contributed by atoms with van der Waals surface area (Å²) in [6.07, 6.45) is 4.04. The van der Waals surface area contributed by atoms with E-state index in [1.807, 2.05) is 86.1 Å². The molecule has 0 N–H and O–H groups in total. The molecule has 9 heteroatoms.